The fourth-order valence-electron chi connectivity index (χ4n) is 0.536. The van der Waals surface area contributed by atoms with E-state index in [1.807, 2.05) is 0 Å². The number of ether oxygens (including phenoxy) is 2. The quantitative estimate of drug-likeness (QED) is 0.218. The molecule has 0 N–H and O–H groups in total. The summed E-state index contributed by atoms with van der Waals surface area (Å²) in [6.07, 6.45) is -1.13. The van der Waals surface area contributed by atoms with Crippen molar-refractivity contribution in [1.82, 2.24) is 0 Å². The maximum absolute atomic E-state index is 10.7. The zero-order valence-corrected chi connectivity index (χ0v) is 8.43. The summed E-state index contributed by atoms with van der Waals surface area (Å²) in [5.74, 6) is -0.902. The molecule has 0 aliphatic heterocycles. The molecule has 0 spiro atoms. The fourth-order valence-corrected chi connectivity index (χ4v) is 0.536. The first-order chi connectivity index (χ1) is 7.10. The lowest BCUT2D eigenvalue weighted by Crippen LogP contribution is -2.19. The van der Waals surface area contributed by atoms with Gasteiger partial charge < -0.3 is 9.47 Å². The molecule has 0 fully saturated rings. The van der Waals surface area contributed by atoms with Gasteiger partial charge in [0.1, 0.15) is 0 Å². The number of hydrogen-bond donors (Lipinski definition) is 0. The number of hydrogen-bond acceptors (Lipinski definition) is 7. The lowest BCUT2D eigenvalue weighted by Gasteiger charge is -2.10. The van der Waals surface area contributed by atoms with E-state index in [1.54, 1.807) is 6.92 Å². The van der Waals surface area contributed by atoms with Crippen LogP contribution in [-0.4, -0.2) is 25.0 Å². The van der Waals surface area contributed by atoms with E-state index < -0.39 is 18.4 Å². The zero-order valence-electron chi connectivity index (χ0n) is 8.43. The molecule has 1 atom stereocenters. The SMILES string of the molecule is C=CC(=O)OOOC(=O)OC(C)OCC. The van der Waals surface area contributed by atoms with Crippen LogP contribution in [0.2, 0.25) is 0 Å². The highest BCUT2D eigenvalue weighted by Crippen LogP contribution is 1.97. The third-order valence-corrected chi connectivity index (χ3v) is 1.05. The van der Waals surface area contributed by atoms with E-state index in [-0.39, 0.29) is 0 Å². The van der Waals surface area contributed by atoms with E-state index in [0.717, 1.165) is 6.08 Å². The van der Waals surface area contributed by atoms with Crippen molar-refractivity contribution in [3.63, 3.8) is 0 Å². The van der Waals surface area contributed by atoms with Crippen molar-refractivity contribution in [1.29, 1.82) is 0 Å². The second-order valence-electron chi connectivity index (χ2n) is 2.15. The van der Waals surface area contributed by atoms with Crippen molar-refractivity contribution in [2.45, 2.75) is 20.1 Å². The average Bonchev–Trinajstić information content (AvgIpc) is 2.17. The molecule has 15 heavy (non-hydrogen) atoms. The second kappa shape index (κ2) is 7.77. The summed E-state index contributed by atoms with van der Waals surface area (Å²) in [6.45, 7) is 6.68. The molecular formula is C8H12O7. The molecule has 0 aromatic carbocycles. The van der Waals surface area contributed by atoms with Gasteiger partial charge in [-0.25, -0.2) is 14.5 Å². The molecule has 7 heteroatoms. The van der Waals surface area contributed by atoms with Crippen molar-refractivity contribution in [2.24, 2.45) is 0 Å². The molecule has 0 saturated heterocycles. The predicted molar refractivity (Wildman–Crippen MR) is 46.0 cm³/mol. The van der Waals surface area contributed by atoms with Gasteiger partial charge in [-0.3, -0.25) is 4.89 Å². The molecule has 0 aliphatic carbocycles. The van der Waals surface area contributed by atoms with E-state index in [9.17, 15) is 9.59 Å². The first-order valence-electron chi connectivity index (χ1n) is 4.10. The molecule has 7 nitrogen and oxygen atoms in total. The molecule has 0 rings (SSSR count). The first kappa shape index (κ1) is 13.4. The smallest absolute Gasteiger partial charge is 0.403 e. The Balaban J connectivity index is 3.57. The summed E-state index contributed by atoms with van der Waals surface area (Å²) in [4.78, 5) is 28.9. The monoisotopic (exact) mass is 220 g/mol. The summed E-state index contributed by atoms with van der Waals surface area (Å²) in [5, 5.41) is 3.78. The van der Waals surface area contributed by atoms with E-state index in [1.165, 1.54) is 6.92 Å². The van der Waals surface area contributed by atoms with Crippen molar-refractivity contribution < 1.29 is 33.9 Å². The lowest BCUT2D eigenvalue weighted by molar-refractivity contribution is -0.458. The number of carbonyl (C=O) groups excluding carboxylic acids is 2. The molecular weight excluding hydrogens is 208 g/mol. The molecule has 0 aliphatic rings. The van der Waals surface area contributed by atoms with Crippen LogP contribution >= 0.6 is 0 Å². The van der Waals surface area contributed by atoms with Crippen LogP contribution in [0.25, 0.3) is 0 Å². The van der Waals surface area contributed by atoms with E-state index in [4.69, 9.17) is 4.74 Å². The molecule has 0 aromatic rings. The summed E-state index contributed by atoms with van der Waals surface area (Å²) in [7, 11) is 0. The van der Waals surface area contributed by atoms with Crippen LogP contribution in [0, 0.1) is 0 Å². The highest BCUT2D eigenvalue weighted by Gasteiger charge is 2.12. The van der Waals surface area contributed by atoms with Gasteiger partial charge in [-0.15, -0.1) is 0 Å². The Bertz CT molecular complexity index is 225. The molecule has 0 radical (unpaired) electrons. The normalized spacial score (nSPS) is 11.3. The number of carbonyl (C=O) groups is 2. The van der Waals surface area contributed by atoms with E-state index in [0.29, 0.717) is 6.61 Å². The maximum Gasteiger partial charge on any atom is 0.545 e. The first-order valence-corrected chi connectivity index (χ1v) is 4.10. The van der Waals surface area contributed by atoms with Gasteiger partial charge in [0, 0.05) is 12.7 Å². The predicted octanol–water partition coefficient (Wildman–Crippen LogP) is 1.10. The average molecular weight is 220 g/mol. The fraction of sp³-hybridized carbons (Fsp3) is 0.500. The van der Waals surface area contributed by atoms with Gasteiger partial charge in [0.2, 0.25) is 6.29 Å². The minimum absolute atomic E-state index is 0.376. The summed E-state index contributed by atoms with van der Waals surface area (Å²) < 4.78 is 9.34. The van der Waals surface area contributed by atoms with Crippen molar-refractivity contribution >= 4 is 12.1 Å². The Morgan fingerprint density at radius 3 is 2.60 bits per heavy atom. The standard InChI is InChI=1S/C8H12O7/c1-4-7(9)13-15-14-8(10)12-6(3)11-5-2/h4,6H,1,5H2,2-3H3. The third kappa shape index (κ3) is 7.47. The van der Waals surface area contributed by atoms with Crippen molar-refractivity contribution in [3.8, 4) is 0 Å². The van der Waals surface area contributed by atoms with Crippen LogP contribution in [0.4, 0.5) is 4.79 Å². The van der Waals surface area contributed by atoms with E-state index in [2.05, 4.69) is 26.1 Å². The Kier molecular flexibility index (Phi) is 6.94. The zero-order chi connectivity index (χ0) is 11.7. The Morgan fingerprint density at radius 1 is 1.40 bits per heavy atom. The largest absolute Gasteiger partial charge is 0.545 e. The summed E-state index contributed by atoms with van der Waals surface area (Å²) in [6, 6.07) is 0. The van der Waals surface area contributed by atoms with Gasteiger partial charge in [-0.05, 0) is 13.8 Å². The Hall–Kier alpha value is -1.60. The van der Waals surface area contributed by atoms with Crippen LogP contribution in [0.3, 0.4) is 0 Å². The minimum atomic E-state index is -1.19. The van der Waals surface area contributed by atoms with Crippen LogP contribution in [0.5, 0.6) is 0 Å². The van der Waals surface area contributed by atoms with Gasteiger partial charge in [0.05, 0.1) is 5.04 Å². The van der Waals surface area contributed by atoms with Gasteiger partial charge in [0.25, 0.3) is 0 Å². The molecule has 0 saturated carbocycles. The van der Waals surface area contributed by atoms with Gasteiger partial charge in [-0.1, -0.05) is 6.58 Å². The van der Waals surface area contributed by atoms with E-state index >= 15 is 0 Å². The lowest BCUT2D eigenvalue weighted by atomic mass is 10.7. The minimum Gasteiger partial charge on any atom is -0.403 e. The second-order valence-corrected chi connectivity index (χ2v) is 2.15. The van der Waals surface area contributed by atoms with Gasteiger partial charge >= 0.3 is 12.1 Å². The highest BCUT2D eigenvalue weighted by atomic mass is 17.5. The Morgan fingerprint density at radius 2 is 2.07 bits per heavy atom. The summed E-state index contributed by atoms with van der Waals surface area (Å²) in [5.41, 5.74) is 0. The molecule has 0 heterocycles. The Labute approximate surface area is 86.4 Å². The molecule has 86 valence electrons. The van der Waals surface area contributed by atoms with Crippen molar-refractivity contribution in [3.05, 3.63) is 12.7 Å². The molecule has 0 amide bonds. The van der Waals surface area contributed by atoms with Crippen LogP contribution in [0.15, 0.2) is 12.7 Å². The third-order valence-electron chi connectivity index (χ3n) is 1.05. The van der Waals surface area contributed by atoms with Gasteiger partial charge in [0.15, 0.2) is 0 Å². The molecule has 1 unspecified atom stereocenters. The molecule has 0 bridgehead atoms. The highest BCUT2D eigenvalue weighted by molar-refractivity contribution is 5.80. The van der Waals surface area contributed by atoms with Crippen LogP contribution in [-0.2, 0) is 29.1 Å². The number of rotatable bonds is 6. The molecule has 0 aromatic heterocycles. The van der Waals surface area contributed by atoms with Crippen LogP contribution in [0.1, 0.15) is 13.8 Å². The summed E-state index contributed by atoms with van der Waals surface area (Å²) >= 11 is 0. The maximum atomic E-state index is 10.7. The van der Waals surface area contributed by atoms with Crippen LogP contribution < -0.4 is 0 Å². The van der Waals surface area contributed by atoms with Gasteiger partial charge in [-0.2, -0.15) is 0 Å². The van der Waals surface area contributed by atoms with Crippen molar-refractivity contribution in [2.75, 3.05) is 6.61 Å². The topological polar surface area (TPSA) is 80.3 Å².